The molecule has 7 nitrogen and oxygen atoms in total. The second-order valence-electron chi connectivity index (χ2n) is 6.77. The van der Waals surface area contributed by atoms with Gasteiger partial charge in [0.25, 0.3) is 0 Å². The van der Waals surface area contributed by atoms with Gasteiger partial charge in [-0.15, -0.1) is 34.2 Å². The van der Waals surface area contributed by atoms with E-state index in [1.54, 1.807) is 7.11 Å². The first kappa shape index (κ1) is 23.2. The van der Waals surface area contributed by atoms with Crippen LogP contribution in [0.15, 0.2) is 29.3 Å². The van der Waals surface area contributed by atoms with Gasteiger partial charge < -0.3 is 19.9 Å². The third-order valence-corrected chi connectivity index (χ3v) is 4.54. The van der Waals surface area contributed by atoms with E-state index < -0.39 is 0 Å². The summed E-state index contributed by atoms with van der Waals surface area (Å²) in [5, 5.41) is 15.1. The van der Waals surface area contributed by atoms with Gasteiger partial charge in [-0.2, -0.15) is 0 Å². The minimum atomic E-state index is 0. The number of benzene rings is 1. The molecule has 150 valence electrons. The fraction of sp³-hybridized carbons (Fsp3) is 0.526. The number of hydrogen-bond acceptors (Lipinski definition) is 4. The van der Waals surface area contributed by atoms with Crippen LogP contribution in [0.5, 0.6) is 5.75 Å². The quantitative estimate of drug-likeness (QED) is 0.358. The van der Waals surface area contributed by atoms with Crippen LogP contribution < -0.4 is 15.4 Å². The molecule has 8 heteroatoms. The van der Waals surface area contributed by atoms with Crippen molar-refractivity contribution in [1.29, 1.82) is 0 Å². The Labute approximate surface area is 179 Å². The molecule has 1 aromatic heterocycles. The van der Waals surface area contributed by atoms with E-state index >= 15 is 0 Å². The van der Waals surface area contributed by atoms with E-state index in [0.717, 1.165) is 28.9 Å². The number of aromatic nitrogens is 3. The Balaban J connectivity index is 0.00000364. The van der Waals surface area contributed by atoms with Gasteiger partial charge in [0.2, 0.25) is 0 Å². The van der Waals surface area contributed by atoms with E-state index in [1.807, 2.05) is 42.8 Å². The summed E-state index contributed by atoms with van der Waals surface area (Å²) >= 11 is 0. The number of methoxy groups -OCH3 is 1. The van der Waals surface area contributed by atoms with Crippen LogP contribution in [0, 0.1) is 12.8 Å². The smallest absolute Gasteiger partial charge is 0.192 e. The predicted molar refractivity (Wildman–Crippen MR) is 120 cm³/mol. The highest BCUT2D eigenvalue weighted by molar-refractivity contribution is 14.0. The van der Waals surface area contributed by atoms with E-state index in [2.05, 4.69) is 41.6 Å². The minimum absolute atomic E-state index is 0. The summed E-state index contributed by atoms with van der Waals surface area (Å²) in [4.78, 5) is 4.72. The van der Waals surface area contributed by atoms with Crippen LogP contribution >= 0.6 is 24.0 Å². The number of halogens is 1. The summed E-state index contributed by atoms with van der Waals surface area (Å²) < 4.78 is 7.17. The summed E-state index contributed by atoms with van der Waals surface area (Å²) in [7, 11) is 3.63. The van der Waals surface area contributed by atoms with Crippen molar-refractivity contribution >= 4 is 29.9 Å². The first-order chi connectivity index (χ1) is 12.4. The highest BCUT2D eigenvalue weighted by atomic mass is 127. The van der Waals surface area contributed by atoms with Gasteiger partial charge in [-0.05, 0) is 37.5 Å². The monoisotopic (exact) mass is 486 g/mol. The van der Waals surface area contributed by atoms with Gasteiger partial charge >= 0.3 is 0 Å². The molecule has 2 rings (SSSR count). The first-order valence-corrected chi connectivity index (χ1v) is 8.93. The topological polar surface area (TPSA) is 76.4 Å². The molecule has 2 aromatic rings. The summed E-state index contributed by atoms with van der Waals surface area (Å²) in [5.41, 5.74) is 1.12. The third-order valence-electron chi connectivity index (χ3n) is 4.54. The molecule has 1 heterocycles. The van der Waals surface area contributed by atoms with Crippen LogP contribution in [0.1, 0.15) is 38.0 Å². The van der Waals surface area contributed by atoms with Crippen molar-refractivity contribution in [3.05, 3.63) is 41.5 Å². The zero-order valence-corrected chi connectivity index (χ0v) is 19.3. The number of nitrogens with one attached hydrogen (secondary N) is 2. The number of ether oxygens (including phenoxy) is 1. The Hall–Kier alpha value is -1.84. The molecule has 0 saturated carbocycles. The molecule has 0 aliphatic carbocycles. The zero-order chi connectivity index (χ0) is 19.1. The fourth-order valence-corrected chi connectivity index (χ4v) is 2.20. The Morgan fingerprint density at radius 3 is 2.37 bits per heavy atom. The Morgan fingerprint density at radius 2 is 1.85 bits per heavy atom. The number of rotatable bonds is 7. The van der Waals surface area contributed by atoms with Crippen molar-refractivity contribution in [1.82, 2.24) is 25.4 Å². The Morgan fingerprint density at radius 1 is 1.19 bits per heavy atom. The van der Waals surface area contributed by atoms with Crippen LogP contribution in [0.4, 0.5) is 0 Å². The van der Waals surface area contributed by atoms with E-state index in [4.69, 9.17) is 9.73 Å². The number of guanidine groups is 1. The molecule has 0 radical (unpaired) electrons. The molecule has 2 N–H and O–H groups in total. The van der Waals surface area contributed by atoms with Crippen LogP contribution in [0.25, 0.3) is 0 Å². The maximum Gasteiger partial charge on any atom is 0.192 e. The minimum Gasteiger partial charge on any atom is -0.497 e. The summed E-state index contributed by atoms with van der Waals surface area (Å²) in [6.07, 6.45) is 0. The second kappa shape index (κ2) is 11.1. The lowest BCUT2D eigenvalue weighted by Gasteiger charge is -2.21. The van der Waals surface area contributed by atoms with E-state index in [1.165, 1.54) is 0 Å². The molecule has 1 unspecified atom stereocenters. The lowest BCUT2D eigenvalue weighted by molar-refractivity contribution is 0.414. The van der Waals surface area contributed by atoms with Crippen molar-refractivity contribution in [2.75, 3.05) is 7.11 Å². The van der Waals surface area contributed by atoms with Crippen molar-refractivity contribution in [2.24, 2.45) is 18.0 Å². The van der Waals surface area contributed by atoms with E-state index in [0.29, 0.717) is 25.0 Å². The van der Waals surface area contributed by atoms with Gasteiger partial charge in [0, 0.05) is 13.1 Å². The summed E-state index contributed by atoms with van der Waals surface area (Å²) in [6.45, 7) is 9.62. The lowest BCUT2D eigenvalue weighted by Crippen LogP contribution is -2.44. The lowest BCUT2D eigenvalue weighted by atomic mass is 10.1. The van der Waals surface area contributed by atoms with Crippen LogP contribution in [0.3, 0.4) is 0 Å². The molecule has 0 bridgehead atoms. The molecule has 1 atom stereocenters. The SMILES string of the molecule is COc1ccc(CN=C(NCc2nnc(C)n2C)NC(C)C(C)C)cc1.I. The van der Waals surface area contributed by atoms with Crippen LogP contribution in [-0.4, -0.2) is 33.9 Å². The van der Waals surface area contributed by atoms with Gasteiger partial charge in [0.15, 0.2) is 11.8 Å². The molecular weight excluding hydrogens is 455 g/mol. The number of aryl methyl sites for hydroxylation is 1. The van der Waals surface area contributed by atoms with E-state index in [-0.39, 0.29) is 24.0 Å². The molecule has 0 spiro atoms. The second-order valence-corrected chi connectivity index (χ2v) is 6.77. The molecule has 0 fully saturated rings. The predicted octanol–water partition coefficient (Wildman–Crippen LogP) is 3.03. The molecule has 0 aliphatic heterocycles. The van der Waals surface area contributed by atoms with Gasteiger partial charge in [-0.3, -0.25) is 0 Å². The van der Waals surface area contributed by atoms with Crippen LogP contribution in [0.2, 0.25) is 0 Å². The van der Waals surface area contributed by atoms with Gasteiger partial charge in [0.05, 0.1) is 20.2 Å². The number of nitrogens with zero attached hydrogens (tertiary/aromatic N) is 4. The highest BCUT2D eigenvalue weighted by Crippen LogP contribution is 2.12. The standard InChI is InChI=1S/C19H30N6O.HI/c1-13(2)14(3)22-19(21-12-18-24-23-15(4)25(18)5)20-11-16-7-9-17(26-6)10-8-16;/h7-10,13-14H,11-12H2,1-6H3,(H2,20,21,22);1H. The van der Waals surface area contributed by atoms with Crippen molar-refractivity contribution < 1.29 is 4.74 Å². The number of aliphatic imine (C=N–C) groups is 1. The maximum absolute atomic E-state index is 5.20. The van der Waals surface area contributed by atoms with Crippen molar-refractivity contribution in [3.63, 3.8) is 0 Å². The Kier molecular flexibility index (Phi) is 9.54. The summed E-state index contributed by atoms with van der Waals surface area (Å²) in [5.74, 6) is 3.88. The Bertz CT molecular complexity index is 726. The zero-order valence-electron chi connectivity index (χ0n) is 17.0. The number of hydrogen-bond donors (Lipinski definition) is 2. The average Bonchev–Trinajstić information content (AvgIpc) is 2.96. The molecule has 0 saturated heterocycles. The largest absolute Gasteiger partial charge is 0.497 e. The van der Waals surface area contributed by atoms with Crippen molar-refractivity contribution in [2.45, 2.75) is 46.8 Å². The molecular formula is C19H31IN6O. The summed E-state index contributed by atoms with van der Waals surface area (Å²) in [6, 6.07) is 8.25. The highest BCUT2D eigenvalue weighted by Gasteiger charge is 2.11. The molecule has 1 aromatic carbocycles. The van der Waals surface area contributed by atoms with Gasteiger partial charge in [-0.25, -0.2) is 4.99 Å². The molecule has 0 aliphatic rings. The maximum atomic E-state index is 5.20. The van der Waals surface area contributed by atoms with Crippen molar-refractivity contribution in [3.8, 4) is 5.75 Å². The first-order valence-electron chi connectivity index (χ1n) is 8.93. The molecule has 27 heavy (non-hydrogen) atoms. The molecule has 0 amide bonds. The normalized spacial score (nSPS) is 12.5. The fourth-order valence-electron chi connectivity index (χ4n) is 2.20. The van der Waals surface area contributed by atoms with Gasteiger partial charge in [-0.1, -0.05) is 26.0 Å². The third kappa shape index (κ3) is 7.00. The van der Waals surface area contributed by atoms with Gasteiger partial charge in [0.1, 0.15) is 11.6 Å². The van der Waals surface area contributed by atoms with Crippen LogP contribution in [-0.2, 0) is 20.1 Å². The average molecular weight is 486 g/mol. The van der Waals surface area contributed by atoms with E-state index in [9.17, 15) is 0 Å².